The highest BCUT2D eigenvalue weighted by molar-refractivity contribution is 6.02. The van der Waals surface area contributed by atoms with Gasteiger partial charge in [-0.1, -0.05) is 0 Å². The largest absolute Gasteiger partial charge is 0.476 e. The molecule has 4 N–H and O–H groups in total. The van der Waals surface area contributed by atoms with Crippen molar-refractivity contribution in [2.24, 2.45) is 0 Å². The van der Waals surface area contributed by atoms with E-state index in [1.807, 2.05) is 0 Å². The summed E-state index contributed by atoms with van der Waals surface area (Å²) in [6.45, 7) is 0.475. The number of benzene rings is 1. The van der Waals surface area contributed by atoms with Gasteiger partial charge >= 0.3 is 0 Å². The van der Waals surface area contributed by atoms with Crippen LogP contribution in [-0.2, 0) is 6.54 Å². The molecule has 2 heterocycles. The molecule has 0 atom stereocenters. The van der Waals surface area contributed by atoms with Crippen LogP contribution in [0, 0.1) is 18.2 Å². The van der Waals surface area contributed by atoms with Gasteiger partial charge in [-0.05, 0) is 30.3 Å². The lowest BCUT2D eigenvalue weighted by atomic mass is 10.1. The van der Waals surface area contributed by atoms with E-state index in [1.54, 1.807) is 18.3 Å². The molecule has 1 aromatic carbocycles. The van der Waals surface area contributed by atoms with Crippen molar-refractivity contribution in [1.82, 2.24) is 15.0 Å². The summed E-state index contributed by atoms with van der Waals surface area (Å²) in [5.41, 5.74) is 7.21. The van der Waals surface area contributed by atoms with E-state index >= 15 is 0 Å². The Morgan fingerprint density at radius 3 is 2.83 bits per heavy atom. The Bertz CT molecular complexity index is 1070. The second-order valence-corrected chi connectivity index (χ2v) is 6.09. The van der Waals surface area contributed by atoms with Gasteiger partial charge in [0.1, 0.15) is 23.9 Å². The molecule has 0 spiro atoms. The molecule has 3 rings (SSSR count). The molecular weight excluding hydrogens is 387 g/mol. The fraction of sp³-hybridized carbons (Fsp3) is 0.143. The number of anilines is 3. The number of nitrogen functional groups attached to an aromatic ring is 1. The molecule has 0 unspecified atom stereocenters. The summed E-state index contributed by atoms with van der Waals surface area (Å²) in [6.07, 6.45) is 9.79. The van der Waals surface area contributed by atoms with E-state index in [0.717, 1.165) is 0 Å². The van der Waals surface area contributed by atoms with Crippen LogP contribution in [0.25, 0.3) is 0 Å². The Labute approximate surface area is 172 Å². The average molecular weight is 406 g/mol. The summed E-state index contributed by atoms with van der Waals surface area (Å²) in [5, 5.41) is 5.69. The van der Waals surface area contributed by atoms with Crippen LogP contribution in [-0.4, -0.2) is 27.5 Å². The summed E-state index contributed by atoms with van der Waals surface area (Å²) in [5.74, 6) is 2.12. The number of carbonyl (C=O) groups is 1. The predicted octanol–water partition coefficient (Wildman–Crippen LogP) is 2.86. The summed E-state index contributed by atoms with van der Waals surface area (Å²) in [4.78, 5) is 24.4. The van der Waals surface area contributed by atoms with E-state index in [4.69, 9.17) is 16.9 Å². The maximum absolute atomic E-state index is 14.2. The number of pyridine rings is 1. The minimum atomic E-state index is -0.486. The van der Waals surface area contributed by atoms with Crippen molar-refractivity contribution in [3.63, 3.8) is 0 Å². The fourth-order valence-corrected chi connectivity index (χ4v) is 2.46. The van der Waals surface area contributed by atoms with Crippen molar-refractivity contribution in [2.75, 3.05) is 23.0 Å². The van der Waals surface area contributed by atoms with E-state index in [0.29, 0.717) is 35.8 Å². The predicted molar refractivity (Wildman–Crippen MR) is 111 cm³/mol. The van der Waals surface area contributed by atoms with Gasteiger partial charge in [0.05, 0.1) is 18.1 Å². The van der Waals surface area contributed by atoms with Gasteiger partial charge in [-0.3, -0.25) is 4.79 Å². The van der Waals surface area contributed by atoms with Gasteiger partial charge in [0.15, 0.2) is 0 Å². The minimum Gasteiger partial charge on any atom is -0.476 e. The van der Waals surface area contributed by atoms with Crippen LogP contribution in [0.4, 0.5) is 21.6 Å². The summed E-state index contributed by atoms with van der Waals surface area (Å²) >= 11 is 0. The standard InChI is InChI=1S/C21H19FN6O2/c1-2-3-9-30-19-13-26-18(12-27-19)21(29)28-15-6-7-16(22)14(10-15)11-25-17-5-4-8-24-20(17)23/h1,4-8,10,12-13,25H,3,9,11H2,(H2,23,24)(H,28,29). The Balaban J connectivity index is 1.63. The van der Waals surface area contributed by atoms with Gasteiger partial charge in [0, 0.05) is 30.4 Å². The first kappa shape index (κ1) is 20.5. The monoisotopic (exact) mass is 406 g/mol. The number of halogens is 1. The quantitative estimate of drug-likeness (QED) is 0.389. The number of carbonyl (C=O) groups excluding carboxylic acids is 1. The number of nitrogens with two attached hydrogens (primary N) is 1. The van der Waals surface area contributed by atoms with Gasteiger partial charge in [-0.2, -0.15) is 0 Å². The van der Waals surface area contributed by atoms with Crippen LogP contribution in [0.3, 0.4) is 0 Å². The van der Waals surface area contributed by atoms with Crippen LogP contribution in [0.2, 0.25) is 0 Å². The zero-order valence-corrected chi connectivity index (χ0v) is 15.9. The number of terminal acetylenes is 1. The van der Waals surface area contributed by atoms with Crippen LogP contribution < -0.4 is 21.1 Å². The third-order valence-electron chi connectivity index (χ3n) is 3.97. The maximum atomic E-state index is 14.2. The summed E-state index contributed by atoms with van der Waals surface area (Å²) < 4.78 is 19.4. The molecule has 2 aromatic heterocycles. The molecule has 9 heteroatoms. The molecule has 30 heavy (non-hydrogen) atoms. The molecule has 0 saturated carbocycles. The Hall–Kier alpha value is -4.19. The maximum Gasteiger partial charge on any atom is 0.275 e. The number of nitrogens with one attached hydrogen (secondary N) is 2. The van der Waals surface area contributed by atoms with Crippen molar-refractivity contribution >= 4 is 23.1 Å². The number of aromatic nitrogens is 3. The Kier molecular flexibility index (Phi) is 6.74. The number of ether oxygens (including phenoxy) is 1. The molecule has 0 saturated heterocycles. The van der Waals surface area contributed by atoms with Crippen LogP contribution in [0.5, 0.6) is 5.88 Å². The Morgan fingerprint density at radius 2 is 2.10 bits per heavy atom. The highest BCUT2D eigenvalue weighted by Gasteiger charge is 2.11. The molecule has 0 aliphatic rings. The number of amides is 1. The van der Waals surface area contributed by atoms with Crippen molar-refractivity contribution in [1.29, 1.82) is 0 Å². The summed E-state index contributed by atoms with van der Waals surface area (Å²) in [6, 6.07) is 7.72. The molecule has 1 amide bonds. The van der Waals surface area contributed by atoms with Gasteiger partial charge in [-0.25, -0.2) is 19.3 Å². The fourth-order valence-electron chi connectivity index (χ4n) is 2.46. The highest BCUT2D eigenvalue weighted by atomic mass is 19.1. The van der Waals surface area contributed by atoms with Crippen molar-refractivity contribution in [3.05, 3.63) is 66.0 Å². The molecule has 0 bridgehead atoms. The van der Waals surface area contributed by atoms with Crippen molar-refractivity contribution in [3.8, 4) is 18.2 Å². The Morgan fingerprint density at radius 1 is 1.23 bits per heavy atom. The van der Waals surface area contributed by atoms with Crippen molar-refractivity contribution in [2.45, 2.75) is 13.0 Å². The second-order valence-electron chi connectivity index (χ2n) is 6.09. The van der Waals surface area contributed by atoms with Gasteiger partial charge in [0.2, 0.25) is 5.88 Å². The van der Waals surface area contributed by atoms with Gasteiger partial charge in [-0.15, -0.1) is 12.3 Å². The lowest BCUT2D eigenvalue weighted by Gasteiger charge is -2.11. The number of hydrogen-bond donors (Lipinski definition) is 3. The second kappa shape index (κ2) is 9.84. The molecule has 0 aliphatic carbocycles. The number of nitrogens with zero attached hydrogens (tertiary/aromatic N) is 3. The first-order valence-corrected chi connectivity index (χ1v) is 8.99. The smallest absolute Gasteiger partial charge is 0.275 e. The third-order valence-corrected chi connectivity index (χ3v) is 3.97. The zero-order chi connectivity index (χ0) is 21.3. The van der Waals surface area contributed by atoms with E-state index < -0.39 is 11.7 Å². The van der Waals surface area contributed by atoms with Crippen molar-refractivity contribution < 1.29 is 13.9 Å². The zero-order valence-electron chi connectivity index (χ0n) is 15.9. The molecular formula is C21H19FN6O2. The molecule has 3 aromatic rings. The van der Waals surface area contributed by atoms with Gasteiger partial charge in [0.25, 0.3) is 5.91 Å². The normalized spacial score (nSPS) is 10.1. The highest BCUT2D eigenvalue weighted by Crippen LogP contribution is 2.19. The molecule has 152 valence electrons. The minimum absolute atomic E-state index is 0.0893. The van der Waals surface area contributed by atoms with Gasteiger partial charge < -0.3 is 21.1 Å². The average Bonchev–Trinajstić information content (AvgIpc) is 2.75. The molecule has 0 radical (unpaired) electrons. The first-order chi connectivity index (χ1) is 14.6. The first-order valence-electron chi connectivity index (χ1n) is 8.99. The van der Waals surface area contributed by atoms with E-state index in [1.165, 1.54) is 30.6 Å². The molecule has 8 nitrogen and oxygen atoms in total. The summed E-state index contributed by atoms with van der Waals surface area (Å²) in [7, 11) is 0. The van der Waals surface area contributed by atoms with Crippen LogP contribution in [0.1, 0.15) is 22.5 Å². The van der Waals surface area contributed by atoms with E-state index in [2.05, 4.69) is 31.5 Å². The number of hydrogen-bond acceptors (Lipinski definition) is 7. The lowest BCUT2D eigenvalue weighted by molar-refractivity contribution is 0.102. The van der Waals surface area contributed by atoms with E-state index in [-0.39, 0.29) is 18.1 Å². The topological polar surface area (TPSA) is 115 Å². The number of rotatable bonds is 8. The lowest BCUT2D eigenvalue weighted by Crippen LogP contribution is -2.15. The molecule has 0 fully saturated rings. The van der Waals surface area contributed by atoms with Crippen LogP contribution in [0.15, 0.2) is 48.9 Å². The third kappa shape index (κ3) is 5.42. The van der Waals surface area contributed by atoms with E-state index in [9.17, 15) is 9.18 Å². The molecule has 0 aliphatic heterocycles. The van der Waals surface area contributed by atoms with Crippen LogP contribution >= 0.6 is 0 Å². The SMILES string of the molecule is C#CCCOc1cnc(C(=O)Nc2ccc(F)c(CNc3cccnc3N)c2)cn1.